The summed E-state index contributed by atoms with van der Waals surface area (Å²) in [6.45, 7) is 1.26. The molecule has 0 spiro atoms. The summed E-state index contributed by atoms with van der Waals surface area (Å²) in [7, 11) is -1.11. The Labute approximate surface area is 133 Å². The maximum Gasteiger partial charge on any atom is 0.306 e. The third-order valence-corrected chi connectivity index (χ3v) is 5.09. The zero-order valence-corrected chi connectivity index (χ0v) is 13.7. The van der Waals surface area contributed by atoms with Crippen molar-refractivity contribution >= 4 is 27.7 Å². The first kappa shape index (κ1) is 17.1. The highest BCUT2D eigenvalue weighted by Crippen LogP contribution is 2.30. The maximum absolute atomic E-state index is 12.5. The Morgan fingerprint density at radius 2 is 2.09 bits per heavy atom. The van der Waals surface area contributed by atoms with E-state index in [1.807, 2.05) is 5.43 Å². The van der Waals surface area contributed by atoms with Crippen molar-refractivity contribution in [2.45, 2.75) is 19.6 Å². The van der Waals surface area contributed by atoms with Crippen molar-refractivity contribution in [3.63, 3.8) is 0 Å². The first-order valence-corrected chi connectivity index (χ1v) is 8.07. The topological polar surface area (TPSA) is 137 Å². The van der Waals surface area contributed by atoms with Gasteiger partial charge in [0.25, 0.3) is 5.91 Å². The number of nitrogens with two attached hydrogens (primary N) is 1. The van der Waals surface area contributed by atoms with Crippen molar-refractivity contribution < 1.29 is 18.0 Å². The Kier molecular flexibility index (Phi) is 4.54. The zero-order chi connectivity index (χ0) is 17.4. The predicted octanol–water partition coefficient (Wildman–Crippen LogP) is -1.83. The molecule has 10 nitrogen and oxygen atoms in total. The van der Waals surface area contributed by atoms with Crippen molar-refractivity contribution in [1.29, 1.82) is 0 Å². The molecular weight excluding hydrogens is 324 g/mol. The van der Waals surface area contributed by atoms with Gasteiger partial charge < -0.3 is 5.32 Å². The van der Waals surface area contributed by atoms with E-state index in [1.165, 1.54) is 27.1 Å². The summed E-state index contributed by atoms with van der Waals surface area (Å²) < 4.78 is 27.1. The second-order valence-corrected chi connectivity index (χ2v) is 7.13. The van der Waals surface area contributed by atoms with Crippen LogP contribution in [0.2, 0.25) is 0 Å². The number of nitrogens with zero attached hydrogens (tertiary/aromatic N) is 3. The van der Waals surface area contributed by atoms with Gasteiger partial charge in [-0.05, 0) is 12.5 Å². The van der Waals surface area contributed by atoms with Gasteiger partial charge in [0.05, 0.1) is 11.4 Å². The normalized spacial score (nSPS) is 20.5. The van der Waals surface area contributed by atoms with E-state index in [9.17, 15) is 18.0 Å². The van der Waals surface area contributed by atoms with E-state index >= 15 is 0 Å². The number of carbonyl (C=O) groups excluding carboxylic acids is 2. The number of allylic oxidation sites excluding steroid dienone is 2. The molecule has 1 aliphatic carbocycles. The number of nitrogens with one attached hydrogen (secondary N) is 2. The van der Waals surface area contributed by atoms with Gasteiger partial charge in [0.2, 0.25) is 12.2 Å². The smallest absolute Gasteiger partial charge is 0.306 e. The molecule has 1 atom stereocenters. The van der Waals surface area contributed by atoms with Crippen LogP contribution in [0.5, 0.6) is 0 Å². The van der Waals surface area contributed by atoms with Crippen LogP contribution >= 0.6 is 0 Å². The summed E-state index contributed by atoms with van der Waals surface area (Å²) in [5.41, 5.74) is 2.97. The van der Waals surface area contributed by atoms with Gasteiger partial charge in [0.1, 0.15) is 0 Å². The summed E-state index contributed by atoms with van der Waals surface area (Å²) in [6, 6.07) is 0. The van der Waals surface area contributed by atoms with E-state index in [0.717, 1.165) is 8.61 Å². The first-order chi connectivity index (χ1) is 10.7. The Balaban J connectivity index is 2.45. The van der Waals surface area contributed by atoms with Gasteiger partial charge in [-0.1, -0.05) is 6.08 Å². The average Bonchev–Trinajstić information content (AvgIpc) is 2.82. The Bertz CT molecular complexity index is 737. The van der Waals surface area contributed by atoms with Gasteiger partial charge >= 0.3 is 10.2 Å². The summed E-state index contributed by atoms with van der Waals surface area (Å²) in [5.74, 6) is 4.19. The Morgan fingerprint density at radius 1 is 1.43 bits per heavy atom. The standard InChI is InChI=1S/C12H18N6O4S/c1-7(19)14-12-15-9-6-8(11(20)16-13)4-5-10(9)18(12)23(21,22)17(2)3/h5-6,12H,4,13H2,1-3H3,(H,14,19)(H,16,20). The fourth-order valence-electron chi connectivity index (χ4n) is 2.18. The van der Waals surface area contributed by atoms with E-state index in [-0.39, 0.29) is 6.42 Å². The molecule has 11 heteroatoms. The molecule has 2 rings (SSSR count). The predicted molar refractivity (Wildman–Crippen MR) is 82.6 cm³/mol. The largest absolute Gasteiger partial charge is 0.317 e. The minimum atomic E-state index is -3.87. The molecule has 0 bridgehead atoms. The monoisotopic (exact) mass is 342 g/mol. The molecule has 0 aromatic carbocycles. The molecule has 0 aromatic heterocycles. The van der Waals surface area contributed by atoms with E-state index in [4.69, 9.17) is 5.84 Å². The minimum absolute atomic E-state index is 0.198. The van der Waals surface area contributed by atoms with Crippen LogP contribution in [0.15, 0.2) is 28.4 Å². The molecule has 0 radical (unpaired) electrons. The molecule has 1 unspecified atom stereocenters. The summed E-state index contributed by atoms with van der Waals surface area (Å²) in [4.78, 5) is 27.1. The summed E-state index contributed by atoms with van der Waals surface area (Å²) in [6.07, 6.45) is 2.12. The highest BCUT2D eigenvalue weighted by atomic mass is 32.2. The second-order valence-electron chi connectivity index (χ2n) is 5.11. The Morgan fingerprint density at radius 3 is 2.61 bits per heavy atom. The molecule has 126 valence electrons. The number of hydrogen-bond donors (Lipinski definition) is 3. The Hall–Kier alpha value is -2.24. The van der Waals surface area contributed by atoms with Crippen molar-refractivity contribution in [3.8, 4) is 0 Å². The van der Waals surface area contributed by atoms with Crippen LogP contribution in [0.4, 0.5) is 0 Å². The maximum atomic E-state index is 12.5. The lowest BCUT2D eigenvalue weighted by Gasteiger charge is -2.29. The summed E-state index contributed by atoms with van der Waals surface area (Å²) >= 11 is 0. The van der Waals surface area contributed by atoms with Crippen LogP contribution in [0, 0.1) is 0 Å². The molecule has 2 aliphatic rings. The third kappa shape index (κ3) is 3.11. The highest BCUT2D eigenvalue weighted by Gasteiger charge is 2.41. The van der Waals surface area contributed by atoms with Crippen molar-refractivity contribution in [3.05, 3.63) is 23.4 Å². The van der Waals surface area contributed by atoms with Gasteiger partial charge in [0.15, 0.2) is 0 Å². The van der Waals surface area contributed by atoms with Crippen LogP contribution in [0.1, 0.15) is 13.3 Å². The highest BCUT2D eigenvalue weighted by molar-refractivity contribution is 7.86. The number of rotatable bonds is 4. The summed E-state index contributed by atoms with van der Waals surface area (Å²) in [5, 5.41) is 2.47. The van der Waals surface area contributed by atoms with Crippen LogP contribution in [-0.2, 0) is 19.8 Å². The molecule has 0 fully saturated rings. The number of hydrazine groups is 1. The molecule has 0 saturated heterocycles. The van der Waals surface area contributed by atoms with Gasteiger partial charge in [-0.2, -0.15) is 12.7 Å². The van der Waals surface area contributed by atoms with Gasteiger partial charge in [-0.3, -0.25) is 15.0 Å². The van der Waals surface area contributed by atoms with Gasteiger partial charge in [-0.15, -0.1) is 0 Å². The number of aliphatic imine (C=N–C) groups is 1. The van der Waals surface area contributed by atoms with Crippen molar-refractivity contribution in [2.75, 3.05) is 14.1 Å². The first-order valence-electron chi connectivity index (χ1n) is 6.67. The quantitative estimate of drug-likeness (QED) is 0.314. The van der Waals surface area contributed by atoms with E-state index in [1.54, 1.807) is 6.08 Å². The third-order valence-electron chi connectivity index (χ3n) is 3.27. The van der Waals surface area contributed by atoms with E-state index in [2.05, 4.69) is 10.3 Å². The average molecular weight is 342 g/mol. The molecule has 1 heterocycles. The molecule has 0 saturated carbocycles. The lowest BCUT2D eigenvalue weighted by atomic mass is 10.0. The number of amides is 2. The number of hydrogen-bond acceptors (Lipinski definition) is 6. The lowest BCUT2D eigenvalue weighted by molar-refractivity contribution is -0.120. The number of carbonyl (C=O) groups is 2. The molecule has 23 heavy (non-hydrogen) atoms. The molecule has 0 aromatic rings. The molecular formula is C12H18N6O4S. The van der Waals surface area contributed by atoms with Gasteiger partial charge in [-0.25, -0.2) is 15.1 Å². The molecule has 2 amide bonds. The van der Waals surface area contributed by atoms with E-state index in [0.29, 0.717) is 17.0 Å². The van der Waals surface area contributed by atoms with Crippen molar-refractivity contribution in [2.24, 2.45) is 10.8 Å². The molecule has 4 N–H and O–H groups in total. The van der Waals surface area contributed by atoms with Crippen LogP contribution < -0.4 is 16.6 Å². The second kappa shape index (κ2) is 6.10. The van der Waals surface area contributed by atoms with Gasteiger partial charge in [0, 0.05) is 26.6 Å². The number of fused-ring (bicyclic) bond motifs is 1. The van der Waals surface area contributed by atoms with E-state index < -0.39 is 28.3 Å². The van der Waals surface area contributed by atoms with Crippen molar-refractivity contribution in [1.82, 2.24) is 19.4 Å². The van der Waals surface area contributed by atoms with Crippen LogP contribution in [-0.4, -0.2) is 54.9 Å². The minimum Gasteiger partial charge on any atom is -0.317 e. The zero-order valence-electron chi connectivity index (χ0n) is 12.9. The fraction of sp³-hybridized carbons (Fsp3) is 0.417. The molecule has 1 aliphatic heterocycles. The lowest BCUT2D eigenvalue weighted by Crippen LogP contribution is -2.49. The van der Waals surface area contributed by atoms with Crippen LogP contribution in [0.25, 0.3) is 0 Å². The fourth-order valence-corrected chi connectivity index (χ4v) is 3.30. The SMILES string of the molecule is CC(=O)NC1N=C2C=C(C(=O)NN)CC=C2N1S(=O)(=O)N(C)C. The van der Waals surface area contributed by atoms with Crippen LogP contribution in [0.3, 0.4) is 0 Å².